The van der Waals surface area contributed by atoms with Crippen molar-refractivity contribution < 1.29 is 14.3 Å². The summed E-state index contributed by atoms with van der Waals surface area (Å²) in [5.41, 5.74) is 6.67. The topological polar surface area (TPSA) is 35.5 Å². The molecule has 166 valence electrons. The first kappa shape index (κ1) is 23.1. The van der Waals surface area contributed by atoms with E-state index < -0.39 is 0 Å². The standard InChI is InChI=1S/C28H36O3/c1-7-30-25(29)18-31-24-15-22(14-13-20(24)2)26(21-11-9-8-10-12-21)23-16-27(3,4)19-28(5,6)17-23/h8-15H,7,16-19H2,1-6H3. The second kappa shape index (κ2) is 9.30. The third kappa shape index (κ3) is 6.00. The maximum Gasteiger partial charge on any atom is 0.344 e. The second-order valence-electron chi connectivity index (χ2n) is 10.3. The van der Waals surface area contributed by atoms with Gasteiger partial charge in [-0.15, -0.1) is 0 Å². The molecule has 0 aliphatic heterocycles. The molecule has 1 aliphatic carbocycles. The van der Waals surface area contributed by atoms with Crippen LogP contribution in [0, 0.1) is 17.8 Å². The van der Waals surface area contributed by atoms with E-state index >= 15 is 0 Å². The highest BCUT2D eigenvalue weighted by atomic mass is 16.6. The summed E-state index contributed by atoms with van der Waals surface area (Å²) in [7, 11) is 0. The summed E-state index contributed by atoms with van der Waals surface area (Å²) in [5, 5.41) is 0. The molecule has 2 aromatic rings. The smallest absolute Gasteiger partial charge is 0.344 e. The summed E-state index contributed by atoms with van der Waals surface area (Å²) >= 11 is 0. The van der Waals surface area contributed by atoms with E-state index in [0.717, 1.165) is 29.7 Å². The Kier molecular flexibility index (Phi) is 6.93. The van der Waals surface area contributed by atoms with Crippen molar-refractivity contribution >= 4 is 11.5 Å². The van der Waals surface area contributed by atoms with Crippen molar-refractivity contribution in [2.45, 2.75) is 60.8 Å². The number of hydrogen-bond donors (Lipinski definition) is 0. The highest BCUT2D eigenvalue weighted by Crippen LogP contribution is 2.51. The lowest BCUT2D eigenvalue weighted by Crippen LogP contribution is -2.30. The molecule has 1 fully saturated rings. The predicted octanol–water partition coefficient (Wildman–Crippen LogP) is 6.98. The van der Waals surface area contributed by atoms with Crippen molar-refractivity contribution in [2.24, 2.45) is 10.8 Å². The number of rotatable bonds is 6. The SMILES string of the molecule is CCOC(=O)COc1cc(C(=C2CC(C)(C)CC(C)(C)C2)c2ccccc2)ccc1C. The number of allylic oxidation sites excluding steroid dienone is 1. The third-order valence-electron chi connectivity index (χ3n) is 5.88. The second-order valence-corrected chi connectivity index (χ2v) is 10.3. The lowest BCUT2D eigenvalue weighted by molar-refractivity contribution is -0.145. The van der Waals surface area contributed by atoms with Gasteiger partial charge in [0.1, 0.15) is 5.75 Å². The minimum Gasteiger partial charge on any atom is -0.482 e. The van der Waals surface area contributed by atoms with E-state index in [9.17, 15) is 4.79 Å². The molecular weight excluding hydrogens is 384 g/mol. The zero-order valence-corrected chi connectivity index (χ0v) is 19.9. The van der Waals surface area contributed by atoms with Gasteiger partial charge in [-0.1, -0.05) is 75.7 Å². The Labute approximate surface area is 187 Å². The number of carbonyl (C=O) groups excluding carboxylic acids is 1. The van der Waals surface area contributed by atoms with Crippen molar-refractivity contribution in [1.82, 2.24) is 0 Å². The van der Waals surface area contributed by atoms with Gasteiger partial charge in [-0.2, -0.15) is 0 Å². The Morgan fingerprint density at radius 2 is 1.58 bits per heavy atom. The lowest BCUT2D eigenvalue weighted by Gasteiger charge is -2.43. The summed E-state index contributed by atoms with van der Waals surface area (Å²) in [5.74, 6) is 0.388. The number of carbonyl (C=O) groups is 1. The maximum absolute atomic E-state index is 11.8. The molecule has 0 bridgehead atoms. The molecule has 2 aromatic carbocycles. The number of aryl methyl sites for hydroxylation is 1. The first-order valence-corrected chi connectivity index (χ1v) is 11.3. The molecule has 31 heavy (non-hydrogen) atoms. The van der Waals surface area contributed by atoms with Crippen molar-refractivity contribution in [2.75, 3.05) is 13.2 Å². The van der Waals surface area contributed by atoms with E-state index in [0.29, 0.717) is 6.61 Å². The molecule has 0 saturated heterocycles. The summed E-state index contributed by atoms with van der Waals surface area (Å²) in [6.07, 6.45) is 3.37. The minimum absolute atomic E-state index is 0.0740. The number of esters is 1. The van der Waals surface area contributed by atoms with E-state index in [1.54, 1.807) is 6.92 Å². The van der Waals surface area contributed by atoms with Crippen LogP contribution in [0.15, 0.2) is 54.1 Å². The number of benzene rings is 2. The molecule has 1 saturated carbocycles. The summed E-state index contributed by atoms with van der Waals surface area (Å²) < 4.78 is 10.9. The van der Waals surface area contributed by atoms with Crippen molar-refractivity contribution in [3.63, 3.8) is 0 Å². The molecule has 0 radical (unpaired) electrons. The molecule has 0 unspecified atom stereocenters. The molecule has 1 aliphatic rings. The monoisotopic (exact) mass is 420 g/mol. The van der Waals surface area contributed by atoms with Crippen LogP contribution in [0.25, 0.3) is 5.57 Å². The van der Waals surface area contributed by atoms with Crippen molar-refractivity contribution in [3.05, 3.63) is 70.8 Å². The summed E-state index contributed by atoms with van der Waals surface area (Å²) in [4.78, 5) is 11.8. The molecule has 3 heteroatoms. The average Bonchev–Trinajstić information content (AvgIpc) is 2.67. The van der Waals surface area contributed by atoms with Gasteiger partial charge in [0.25, 0.3) is 0 Å². The third-order valence-corrected chi connectivity index (χ3v) is 5.88. The van der Waals surface area contributed by atoms with E-state index in [1.807, 2.05) is 6.92 Å². The fourth-order valence-corrected chi connectivity index (χ4v) is 5.25. The van der Waals surface area contributed by atoms with Crippen LogP contribution in [-0.2, 0) is 9.53 Å². The fraction of sp³-hybridized carbons (Fsp3) is 0.464. The molecule has 0 heterocycles. The Hall–Kier alpha value is -2.55. The van der Waals surface area contributed by atoms with E-state index in [2.05, 4.69) is 76.2 Å². The van der Waals surface area contributed by atoms with Crippen LogP contribution < -0.4 is 4.74 Å². The van der Waals surface area contributed by atoms with E-state index in [-0.39, 0.29) is 23.4 Å². The summed E-state index contributed by atoms with van der Waals surface area (Å²) in [6.45, 7) is 13.6. The van der Waals surface area contributed by atoms with Crippen LogP contribution >= 0.6 is 0 Å². The Balaban J connectivity index is 2.07. The molecule has 0 spiro atoms. The lowest BCUT2D eigenvalue weighted by atomic mass is 9.62. The van der Waals surface area contributed by atoms with Gasteiger partial charge < -0.3 is 9.47 Å². The first-order valence-electron chi connectivity index (χ1n) is 11.3. The minimum atomic E-state index is -0.343. The zero-order chi connectivity index (χ0) is 22.6. The molecule has 0 amide bonds. The Morgan fingerprint density at radius 3 is 2.19 bits per heavy atom. The van der Waals surface area contributed by atoms with Crippen LogP contribution in [0.4, 0.5) is 0 Å². The van der Waals surface area contributed by atoms with Gasteiger partial charge in [0.2, 0.25) is 0 Å². The van der Waals surface area contributed by atoms with E-state index in [1.165, 1.54) is 23.1 Å². The van der Waals surface area contributed by atoms with Crippen LogP contribution in [0.1, 0.15) is 70.6 Å². The van der Waals surface area contributed by atoms with Gasteiger partial charge >= 0.3 is 5.97 Å². The van der Waals surface area contributed by atoms with Gasteiger partial charge in [-0.25, -0.2) is 4.79 Å². The fourth-order valence-electron chi connectivity index (χ4n) is 5.25. The van der Waals surface area contributed by atoms with Crippen LogP contribution in [0.5, 0.6) is 5.75 Å². The van der Waals surface area contributed by atoms with Gasteiger partial charge in [0.05, 0.1) is 6.61 Å². The average molecular weight is 421 g/mol. The predicted molar refractivity (Wildman–Crippen MR) is 127 cm³/mol. The summed E-state index contributed by atoms with van der Waals surface area (Å²) in [6, 6.07) is 17.0. The van der Waals surface area contributed by atoms with Crippen molar-refractivity contribution in [3.8, 4) is 5.75 Å². The highest BCUT2D eigenvalue weighted by molar-refractivity contribution is 5.83. The van der Waals surface area contributed by atoms with Gasteiger partial charge in [0, 0.05) is 0 Å². The normalized spacial score (nSPS) is 17.2. The number of hydrogen-bond acceptors (Lipinski definition) is 3. The van der Waals surface area contributed by atoms with E-state index in [4.69, 9.17) is 9.47 Å². The Morgan fingerprint density at radius 1 is 0.935 bits per heavy atom. The Bertz CT molecular complexity index is 933. The highest BCUT2D eigenvalue weighted by Gasteiger charge is 2.37. The van der Waals surface area contributed by atoms with Gasteiger partial charge in [-0.3, -0.25) is 0 Å². The van der Waals surface area contributed by atoms with Crippen LogP contribution in [0.2, 0.25) is 0 Å². The molecule has 3 rings (SSSR count). The molecular formula is C28H36O3. The molecule has 0 atom stereocenters. The molecule has 0 N–H and O–H groups in total. The number of ether oxygens (including phenoxy) is 2. The van der Waals surface area contributed by atoms with Gasteiger partial charge in [-0.05, 0) is 72.3 Å². The van der Waals surface area contributed by atoms with Crippen LogP contribution in [0.3, 0.4) is 0 Å². The maximum atomic E-state index is 11.8. The zero-order valence-electron chi connectivity index (χ0n) is 19.9. The largest absolute Gasteiger partial charge is 0.482 e. The molecule has 3 nitrogen and oxygen atoms in total. The molecule has 0 aromatic heterocycles. The van der Waals surface area contributed by atoms with Crippen molar-refractivity contribution in [1.29, 1.82) is 0 Å². The van der Waals surface area contributed by atoms with Gasteiger partial charge in [0.15, 0.2) is 6.61 Å². The van der Waals surface area contributed by atoms with Crippen LogP contribution in [-0.4, -0.2) is 19.2 Å². The quantitative estimate of drug-likeness (QED) is 0.473. The first-order chi connectivity index (χ1) is 14.6.